The number of nitrogens with one attached hydrogen (secondary N) is 2. The normalized spacial score (nSPS) is 10.5. The molecule has 1 aromatic heterocycles. The lowest BCUT2D eigenvalue weighted by Gasteiger charge is -2.10. The number of methoxy groups -OCH3 is 2. The molecule has 0 atom stereocenters. The van der Waals surface area contributed by atoms with E-state index in [0.717, 1.165) is 0 Å². The van der Waals surface area contributed by atoms with Crippen molar-refractivity contribution in [1.82, 2.24) is 15.0 Å². The Morgan fingerprint density at radius 1 is 1.03 bits per heavy atom. The summed E-state index contributed by atoms with van der Waals surface area (Å²) in [5.41, 5.74) is 1.96. The summed E-state index contributed by atoms with van der Waals surface area (Å²) in [5, 5.41) is 13.1. The molecule has 2 aromatic carbocycles. The number of hydrogen-bond acceptors (Lipinski definition) is 6. The smallest absolute Gasteiger partial charge is 0.278 e. The van der Waals surface area contributed by atoms with Crippen LogP contribution in [0.15, 0.2) is 36.4 Å². The number of carbonyl (C=O) groups excluding carboxylic acids is 2. The molecule has 162 valence electrons. The molecule has 0 radical (unpaired) electrons. The SMILES string of the molecule is COc1cc(NC(=O)Cn2nnc(C(=O)Nc3cc(F)ccc3C)c2C)cc(OC)c1. The van der Waals surface area contributed by atoms with E-state index in [-0.39, 0.29) is 18.1 Å². The number of aryl methyl sites for hydroxylation is 1. The highest BCUT2D eigenvalue weighted by Crippen LogP contribution is 2.25. The van der Waals surface area contributed by atoms with Gasteiger partial charge in [0.25, 0.3) is 5.91 Å². The first kappa shape index (κ1) is 21.8. The maximum absolute atomic E-state index is 13.5. The van der Waals surface area contributed by atoms with Crippen LogP contribution in [0.3, 0.4) is 0 Å². The van der Waals surface area contributed by atoms with Crippen LogP contribution >= 0.6 is 0 Å². The largest absolute Gasteiger partial charge is 0.497 e. The molecule has 2 N–H and O–H groups in total. The Morgan fingerprint density at radius 3 is 2.35 bits per heavy atom. The summed E-state index contributed by atoms with van der Waals surface area (Å²) in [5.74, 6) is -0.338. The summed E-state index contributed by atoms with van der Waals surface area (Å²) >= 11 is 0. The highest BCUT2D eigenvalue weighted by Gasteiger charge is 2.19. The van der Waals surface area contributed by atoms with Crippen LogP contribution < -0.4 is 20.1 Å². The molecule has 0 aliphatic rings. The average Bonchev–Trinajstić information content (AvgIpc) is 3.10. The van der Waals surface area contributed by atoms with E-state index < -0.39 is 11.7 Å². The maximum atomic E-state index is 13.5. The van der Waals surface area contributed by atoms with Crippen molar-refractivity contribution in [1.29, 1.82) is 0 Å². The number of nitrogens with zero attached hydrogens (tertiary/aromatic N) is 3. The van der Waals surface area contributed by atoms with Crippen molar-refractivity contribution in [2.75, 3.05) is 24.9 Å². The van der Waals surface area contributed by atoms with Gasteiger partial charge >= 0.3 is 0 Å². The first-order valence-electron chi connectivity index (χ1n) is 9.31. The molecule has 0 aliphatic carbocycles. The quantitative estimate of drug-likeness (QED) is 0.600. The molecule has 10 heteroatoms. The van der Waals surface area contributed by atoms with Crippen molar-refractivity contribution in [2.45, 2.75) is 20.4 Å². The molecule has 31 heavy (non-hydrogen) atoms. The van der Waals surface area contributed by atoms with Gasteiger partial charge in [-0.15, -0.1) is 5.10 Å². The summed E-state index contributed by atoms with van der Waals surface area (Å²) in [4.78, 5) is 25.0. The second-order valence-corrected chi connectivity index (χ2v) is 6.74. The number of ether oxygens (including phenoxy) is 2. The van der Waals surface area contributed by atoms with Crippen molar-refractivity contribution < 1.29 is 23.5 Å². The molecular weight excluding hydrogens is 405 g/mol. The minimum atomic E-state index is -0.546. The highest BCUT2D eigenvalue weighted by atomic mass is 19.1. The Hall–Kier alpha value is -3.95. The summed E-state index contributed by atoms with van der Waals surface area (Å²) < 4.78 is 25.1. The van der Waals surface area contributed by atoms with Gasteiger partial charge in [-0.3, -0.25) is 9.59 Å². The lowest BCUT2D eigenvalue weighted by Crippen LogP contribution is -2.21. The Kier molecular flexibility index (Phi) is 6.49. The van der Waals surface area contributed by atoms with Gasteiger partial charge in [0.05, 0.1) is 19.9 Å². The zero-order chi connectivity index (χ0) is 22.5. The van der Waals surface area contributed by atoms with Gasteiger partial charge in [0, 0.05) is 29.6 Å². The zero-order valence-corrected chi connectivity index (χ0v) is 17.5. The van der Waals surface area contributed by atoms with Crippen molar-refractivity contribution >= 4 is 23.2 Å². The van der Waals surface area contributed by atoms with E-state index >= 15 is 0 Å². The molecule has 0 aliphatic heterocycles. The fourth-order valence-electron chi connectivity index (χ4n) is 2.85. The predicted molar refractivity (Wildman–Crippen MR) is 112 cm³/mol. The second kappa shape index (κ2) is 9.24. The van der Waals surface area contributed by atoms with E-state index in [2.05, 4.69) is 20.9 Å². The first-order chi connectivity index (χ1) is 14.8. The van der Waals surface area contributed by atoms with Crippen LogP contribution in [-0.2, 0) is 11.3 Å². The van der Waals surface area contributed by atoms with Gasteiger partial charge in [0.2, 0.25) is 5.91 Å². The summed E-state index contributed by atoms with van der Waals surface area (Å²) in [6, 6.07) is 9.07. The Labute approximate surface area is 178 Å². The number of amides is 2. The van der Waals surface area contributed by atoms with Gasteiger partial charge in [0.1, 0.15) is 23.9 Å². The third-order valence-electron chi connectivity index (χ3n) is 4.57. The molecule has 2 amide bonds. The number of carbonyl (C=O) groups is 2. The average molecular weight is 427 g/mol. The molecule has 0 fully saturated rings. The fraction of sp³-hybridized carbons (Fsp3) is 0.238. The number of halogens is 1. The molecule has 3 rings (SSSR count). The maximum Gasteiger partial charge on any atom is 0.278 e. The third-order valence-corrected chi connectivity index (χ3v) is 4.57. The minimum absolute atomic E-state index is 0.0412. The Morgan fingerprint density at radius 2 is 1.71 bits per heavy atom. The number of rotatable bonds is 7. The van der Waals surface area contributed by atoms with Crippen molar-refractivity contribution in [3.8, 4) is 11.5 Å². The van der Waals surface area contributed by atoms with E-state index in [0.29, 0.717) is 34.1 Å². The first-order valence-corrected chi connectivity index (χ1v) is 9.31. The molecule has 3 aromatic rings. The van der Waals surface area contributed by atoms with Gasteiger partial charge < -0.3 is 20.1 Å². The van der Waals surface area contributed by atoms with Crippen molar-refractivity contribution in [3.63, 3.8) is 0 Å². The molecule has 0 saturated heterocycles. The predicted octanol–water partition coefficient (Wildman–Crippen LogP) is 2.94. The second-order valence-electron chi connectivity index (χ2n) is 6.74. The van der Waals surface area contributed by atoms with Crippen LogP contribution in [0, 0.1) is 19.7 Å². The molecule has 0 saturated carbocycles. The van der Waals surface area contributed by atoms with Crippen LogP contribution in [-0.4, -0.2) is 41.0 Å². The third kappa shape index (κ3) is 5.16. The summed E-state index contributed by atoms with van der Waals surface area (Å²) in [7, 11) is 3.02. The number of hydrogen-bond donors (Lipinski definition) is 2. The van der Waals surface area contributed by atoms with Crippen LogP contribution in [0.4, 0.5) is 15.8 Å². The molecule has 0 spiro atoms. The van der Waals surface area contributed by atoms with Gasteiger partial charge in [-0.2, -0.15) is 0 Å². The van der Waals surface area contributed by atoms with E-state index in [1.54, 1.807) is 38.1 Å². The molecule has 1 heterocycles. The number of benzene rings is 2. The standard InChI is InChI=1S/C21H22FN5O4/c1-12-5-6-14(22)7-18(12)24-21(29)20-13(2)27(26-25-20)11-19(28)23-15-8-16(30-3)10-17(9-15)31-4/h5-10H,11H2,1-4H3,(H,23,28)(H,24,29). The lowest BCUT2D eigenvalue weighted by atomic mass is 10.2. The van der Waals surface area contributed by atoms with Crippen molar-refractivity contribution in [2.24, 2.45) is 0 Å². The number of aromatic nitrogens is 3. The molecule has 0 bridgehead atoms. The molecule has 0 unspecified atom stereocenters. The van der Waals surface area contributed by atoms with E-state index in [9.17, 15) is 14.0 Å². The van der Waals surface area contributed by atoms with Gasteiger partial charge in [0.15, 0.2) is 5.69 Å². The van der Waals surface area contributed by atoms with Crippen LogP contribution in [0.1, 0.15) is 21.7 Å². The molecule has 9 nitrogen and oxygen atoms in total. The van der Waals surface area contributed by atoms with Crippen LogP contribution in [0.5, 0.6) is 11.5 Å². The fourth-order valence-corrected chi connectivity index (χ4v) is 2.85. The van der Waals surface area contributed by atoms with Crippen molar-refractivity contribution in [3.05, 3.63) is 59.2 Å². The van der Waals surface area contributed by atoms with E-state index in [1.807, 2.05) is 0 Å². The lowest BCUT2D eigenvalue weighted by molar-refractivity contribution is -0.117. The molecular formula is C21H22FN5O4. The summed E-state index contributed by atoms with van der Waals surface area (Å²) in [6.45, 7) is 3.20. The Bertz CT molecular complexity index is 1110. The van der Waals surface area contributed by atoms with Gasteiger partial charge in [-0.05, 0) is 31.5 Å². The van der Waals surface area contributed by atoms with Gasteiger partial charge in [-0.1, -0.05) is 11.3 Å². The summed E-state index contributed by atoms with van der Waals surface area (Å²) in [6.07, 6.45) is 0. The number of anilines is 2. The Balaban J connectivity index is 1.70. The highest BCUT2D eigenvalue weighted by molar-refractivity contribution is 6.04. The van der Waals surface area contributed by atoms with Crippen LogP contribution in [0.2, 0.25) is 0 Å². The zero-order valence-electron chi connectivity index (χ0n) is 17.5. The van der Waals surface area contributed by atoms with Crippen LogP contribution in [0.25, 0.3) is 0 Å². The minimum Gasteiger partial charge on any atom is -0.497 e. The monoisotopic (exact) mass is 427 g/mol. The van der Waals surface area contributed by atoms with E-state index in [4.69, 9.17) is 9.47 Å². The van der Waals surface area contributed by atoms with E-state index in [1.165, 1.54) is 31.0 Å². The van der Waals surface area contributed by atoms with Gasteiger partial charge in [-0.25, -0.2) is 9.07 Å². The topological polar surface area (TPSA) is 107 Å².